The van der Waals surface area contributed by atoms with Crippen LogP contribution in [0.5, 0.6) is 0 Å². The van der Waals surface area contributed by atoms with Gasteiger partial charge < -0.3 is 9.80 Å². The molecule has 1 saturated heterocycles. The molecule has 27 heavy (non-hydrogen) atoms. The second kappa shape index (κ2) is 8.05. The molecule has 2 aromatic rings. The molecule has 6 heteroatoms. The van der Waals surface area contributed by atoms with Crippen molar-refractivity contribution in [2.75, 3.05) is 19.6 Å². The van der Waals surface area contributed by atoms with Gasteiger partial charge in [0.2, 0.25) is 0 Å². The Morgan fingerprint density at radius 3 is 2.37 bits per heavy atom. The lowest BCUT2D eigenvalue weighted by molar-refractivity contribution is -0.128. The number of carbonyl (C=O) groups is 3. The fourth-order valence-corrected chi connectivity index (χ4v) is 3.81. The molecule has 0 saturated carbocycles. The monoisotopic (exact) mass is 428 g/mol. The molecule has 2 amide bonds. The molecular formula is C21H21BrN2O3. The Bertz CT molecular complexity index is 882. The van der Waals surface area contributed by atoms with Crippen molar-refractivity contribution in [2.45, 2.75) is 19.9 Å². The summed E-state index contributed by atoms with van der Waals surface area (Å²) in [6.07, 6.45) is 0. The zero-order valence-electron chi connectivity index (χ0n) is 15.3. The number of aryl methyl sites for hydroxylation is 1. The van der Waals surface area contributed by atoms with Gasteiger partial charge in [-0.15, -0.1) is 0 Å². The first-order chi connectivity index (χ1) is 12.9. The van der Waals surface area contributed by atoms with Gasteiger partial charge in [-0.2, -0.15) is 0 Å². The minimum Gasteiger partial charge on any atom is -0.332 e. The van der Waals surface area contributed by atoms with Crippen LogP contribution in [0.25, 0.3) is 0 Å². The molecule has 1 atom stereocenters. The predicted octanol–water partition coefficient (Wildman–Crippen LogP) is 3.31. The number of benzene rings is 2. The summed E-state index contributed by atoms with van der Waals surface area (Å²) >= 11 is 3.36. The van der Waals surface area contributed by atoms with Gasteiger partial charge in [-0.1, -0.05) is 34.1 Å². The van der Waals surface area contributed by atoms with Crippen molar-refractivity contribution in [3.63, 3.8) is 0 Å². The molecule has 1 heterocycles. The van der Waals surface area contributed by atoms with Crippen molar-refractivity contribution in [3.8, 4) is 0 Å². The maximum absolute atomic E-state index is 12.7. The van der Waals surface area contributed by atoms with Crippen LogP contribution in [-0.2, 0) is 4.79 Å². The number of rotatable bonds is 3. The minimum absolute atomic E-state index is 0.0507. The molecule has 2 aromatic carbocycles. The molecular weight excluding hydrogens is 408 g/mol. The summed E-state index contributed by atoms with van der Waals surface area (Å²) in [6.45, 7) is 4.81. The number of hydrogen-bond acceptors (Lipinski definition) is 3. The van der Waals surface area contributed by atoms with Gasteiger partial charge in [-0.25, -0.2) is 0 Å². The Morgan fingerprint density at radius 2 is 1.74 bits per heavy atom. The third kappa shape index (κ3) is 4.11. The van der Waals surface area contributed by atoms with Crippen LogP contribution in [0, 0.1) is 6.92 Å². The summed E-state index contributed by atoms with van der Waals surface area (Å²) in [6, 6.07) is 14.2. The molecule has 0 bridgehead atoms. The Labute approximate surface area is 167 Å². The number of nitrogens with zero attached hydrogens (tertiary/aromatic N) is 2. The van der Waals surface area contributed by atoms with E-state index in [0.717, 1.165) is 10.0 Å². The van der Waals surface area contributed by atoms with Crippen molar-refractivity contribution in [1.29, 1.82) is 0 Å². The van der Waals surface area contributed by atoms with E-state index in [1.54, 1.807) is 34.1 Å². The predicted molar refractivity (Wildman–Crippen MR) is 107 cm³/mol. The van der Waals surface area contributed by atoms with Crippen LogP contribution in [0.4, 0.5) is 0 Å². The van der Waals surface area contributed by atoms with E-state index in [2.05, 4.69) is 15.9 Å². The molecule has 0 spiro atoms. The molecule has 1 unspecified atom stereocenters. The van der Waals surface area contributed by atoms with Crippen molar-refractivity contribution in [1.82, 2.24) is 9.80 Å². The number of Topliss-reactive ketones (excluding diaryl/α,β-unsaturated/α-hetero) is 1. The van der Waals surface area contributed by atoms with Crippen LogP contribution in [-0.4, -0.2) is 53.1 Å². The second-order valence-corrected chi connectivity index (χ2v) is 7.67. The standard InChI is InChI=1S/C21H21BrN2O3/c1-14-12-17(22)8-9-18(14)19(25)21(27)23-10-11-24(15(2)13-23)20(26)16-6-4-3-5-7-16/h3-9,12,15H,10-11,13H2,1-2H3. The summed E-state index contributed by atoms with van der Waals surface area (Å²) in [7, 11) is 0. The van der Waals surface area contributed by atoms with Crippen molar-refractivity contribution in [3.05, 3.63) is 69.7 Å². The fourth-order valence-electron chi connectivity index (χ4n) is 3.33. The van der Waals surface area contributed by atoms with Crippen LogP contribution in [0.1, 0.15) is 33.2 Å². The number of halogens is 1. The normalized spacial score (nSPS) is 16.9. The van der Waals surface area contributed by atoms with Crippen LogP contribution in [0.15, 0.2) is 53.0 Å². The smallest absolute Gasteiger partial charge is 0.295 e. The summed E-state index contributed by atoms with van der Waals surface area (Å²) < 4.78 is 0.866. The van der Waals surface area contributed by atoms with E-state index in [1.165, 1.54) is 0 Å². The van der Waals surface area contributed by atoms with Crippen LogP contribution in [0.3, 0.4) is 0 Å². The van der Waals surface area contributed by atoms with Crippen molar-refractivity contribution < 1.29 is 14.4 Å². The van der Waals surface area contributed by atoms with Crippen molar-refractivity contribution >= 4 is 33.5 Å². The molecule has 0 aliphatic carbocycles. The van der Waals surface area contributed by atoms with Gasteiger partial charge >= 0.3 is 0 Å². The van der Waals surface area contributed by atoms with E-state index in [1.807, 2.05) is 38.1 Å². The van der Waals surface area contributed by atoms with Gasteiger partial charge in [-0.05, 0) is 49.7 Å². The molecule has 1 aliphatic heterocycles. The molecule has 3 rings (SSSR count). The van der Waals surface area contributed by atoms with Gasteiger partial charge in [0.15, 0.2) is 0 Å². The Kier molecular flexibility index (Phi) is 5.75. The van der Waals surface area contributed by atoms with Gasteiger partial charge in [0, 0.05) is 41.3 Å². The van der Waals surface area contributed by atoms with Gasteiger partial charge in [0.1, 0.15) is 0 Å². The Balaban J connectivity index is 1.69. The summed E-state index contributed by atoms with van der Waals surface area (Å²) in [5.41, 5.74) is 1.80. The topological polar surface area (TPSA) is 57.7 Å². The van der Waals surface area contributed by atoms with Gasteiger partial charge in [0.25, 0.3) is 17.6 Å². The first-order valence-corrected chi connectivity index (χ1v) is 9.63. The van der Waals surface area contributed by atoms with Gasteiger partial charge in [-0.3, -0.25) is 14.4 Å². The molecule has 1 fully saturated rings. The molecule has 140 valence electrons. The molecule has 5 nitrogen and oxygen atoms in total. The zero-order chi connectivity index (χ0) is 19.6. The first-order valence-electron chi connectivity index (χ1n) is 8.84. The van der Waals surface area contributed by atoms with Crippen molar-refractivity contribution in [2.24, 2.45) is 0 Å². The number of amides is 2. The molecule has 0 radical (unpaired) electrons. The number of carbonyl (C=O) groups excluding carboxylic acids is 3. The highest BCUT2D eigenvalue weighted by Crippen LogP contribution is 2.19. The molecule has 0 aromatic heterocycles. The average molecular weight is 429 g/mol. The average Bonchev–Trinajstić information content (AvgIpc) is 2.67. The van der Waals surface area contributed by atoms with E-state index in [9.17, 15) is 14.4 Å². The lowest BCUT2D eigenvalue weighted by Gasteiger charge is -2.39. The highest BCUT2D eigenvalue weighted by molar-refractivity contribution is 9.10. The minimum atomic E-state index is -0.515. The SMILES string of the molecule is Cc1cc(Br)ccc1C(=O)C(=O)N1CCN(C(=O)c2ccccc2)C(C)C1. The summed E-state index contributed by atoms with van der Waals surface area (Å²) in [5.74, 6) is -1.07. The number of piperazine rings is 1. The molecule has 1 aliphatic rings. The maximum Gasteiger partial charge on any atom is 0.295 e. The van der Waals surface area contributed by atoms with Gasteiger partial charge in [0.05, 0.1) is 0 Å². The number of hydrogen-bond donors (Lipinski definition) is 0. The lowest BCUT2D eigenvalue weighted by atomic mass is 10.0. The van der Waals surface area contributed by atoms with E-state index in [4.69, 9.17) is 0 Å². The van der Waals surface area contributed by atoms with Crippen LogP contribution < -0.4 is 0 Å². The lowest BCUT2D eigenvalue weighted by Crippen LogP contribution is -2.56. The highest BCUT2D eigenvalue weighted by Gasteiger charge is 2.33. The van der Waals surface area contributed by atoms with E-state index < -0.39 is 11.7 Å². The highest BCUT2D eigenvalue weighted by atomic mass is 79.9. The first kappa shape index (κ1) is 19.3. The van der Waals surface area contributed by atoms with Crippen LogP contribution in [0.2, 0.25) is 0 Å². The largest absolute Gasteiger partial charge is 0.332 e. The fraction of sp³-hybridized carbons (Fsp3) is 0.286. The summed E-state index contributed by atoms with van der Waals surface area (Å²) in [5, 5.41) is 0. The Hall–Kier alpha value is -2.47. The maximum atomic E-state index is 12.7. The second-order valence-electron chi connectivity index (χ2n) is 6.75. The van der Waals surface area contributed by atoms with Crippen LogP contribution >= 0.6 is 15.9 Å². The number of ketones is 1. The van der Waals surface area contributed by atoms with E-state index in [-0.39, 0.29) is 11.9 Å². The van der Waals surface area contributed by atoms with E-state index >= 15 is 0 Å². The van der Waals surface area contributed by atoms with E-state index in [0.29, 0.717) is 30.8 Å². The molecule has 0 N–H and O–H groups in total. The quantitative estimate of drug-likeness (QED) is 0.556. The third-order valence-corrected chi connectivity index (χ3v) is 5.32. The Morgan fingerprint density at radius 1 is 1.04 bits per heavy atom. The third-order valence-electron chi connectivity index (χ3n) is 4.82. The zero-order valence-corrected chi connectivity index (χ0v) is 16.9. The summed E-state index contributed by atoms with van der Waals surface area (Å²) in [4.78, 5) is 41.3.